The van der Waals surface area contributed by atoms with Crippen LogP contribution in [0.2, 0.25) is 0 Å². The van der Waals surface area contributed by atoms with Crippen molar-refractivity contribution in [1.29, 1.82) is 0 Å². The van der Waals surface area contributed by atoms with Crippen LogP contribution in [0.5, 0.6) is 0 Å². The monoisotopic (exact) mass is 342 g/mol. The Morgan fingerprint density at radius 1 is 1.17 bits per heavy atom. The quantitative estimate of drug-likeness (QED) is 0.823. The number of nitrogens with one attached hydrogen (secondary N) is 1. The minimum absolute atomic E-state index is 0. The van der Waals surface area contributed by atoms with Crippen molar-refractivity contribution in [2.45, 2.75) is 19.4 Å². The zero-order valence-corrected chi connectivity index (χ0v) is 14.8. The number of nitrogens with zero attached hydrogens (tertiary/aromatic N) is 1. The number of hydrogen-bond acceptors (Lipinski definition) is 2. The molecule has 4 heteroatoms. The summed E-state index contributed by atoms with van der Waals surface area (Å²) < 4.78 is 0. The van der Waals surface area contributed by atoms with E-state index in [0.29, 0.717) is 6.54 Å². The van der Waals surface area contributed by atoms with Crippen LogP contribution in [0.1, 0.15) is 23.7 Å². The average molecular weight is 343 g/mol. The molecule has 1 atom stereocenters. The molecule has 0 spiro atoms. The highest BCUT2D eigenvalue weighted by atomic mass is 35.5. The van der Waals surface area contributed by atoms with E-state index in [1.54, 1.807) is 0 Å². The van der Waals surface area contributed by atoms with Crippen LogP contribution in [-0.2, 0) is 0 Å². The van der Waals surface area contributed by atoms with E-state index >= 15 is 0 Å². The maximum absolute atomic E-state index is 12.8. The van der Waals surface area contributed by atoms with Gasteiger partial charge in [-0.15, -0.1) is 12.4 Å². The number of halogens is 1. The van der Waals surface area contributed by atoms with Crippen LogP contribution >= 0.6 is 12.4 Å². The van der Waals surface area contributed by atoms with Crippen molar-refractivity contribution in [3.8, 4) is 11.1 Å². The average Bonchev–Trinajstić information content (AvgIpc) is 3.10. The fourth-order valence-electron chi connectivity index (χ4n) is 2.99. The molecule has 0 saturated heterocycles. The van der Waals surface area contributed by atoms with Gasteiger partial charge in [0, 0.05) is 24.8 Å². The number of carbonyl (C=O) groups excluding carboxylic acids is 1. The van der Waals surface area contributed by atoms with Gasteiger partial charge in [-0.2, -0.15) is 0 Å². The zero-order valence-electron chi connectivity index (χ0n) is 14.0. The molecule has 0 bridgehead atoms. The van der Waals surface area contributed by atoms with E-state index in [2.05, 4.69) is 36.5 Å². The highest BCUT2D eigenvalue weighted by Crippen LogP contribution is 2.24. The third kappa shape index (κ3) is 3.62. The molecular formula is C20H23ClN2O. The van der Waals surface area contributed by atoms with Gasteiger partial charge in [0.25, 0.3) is 5.91 Å². The molecule has 2 aromatic rings. The van der Waals surface area contributed by atoms with E-state index in [4.69, 9.17) is 0 Å². The lowest BCUT2D eigenvalue weighted by atomic mass is 10.0. The van der Waals surface area contributed by atoms with Gasteiger partial charge in [0.05, 0.1) is 6.04 Å². The number of amides is 1. The molecule has 1 aliphatic rings. The molecule has 1 aliphatic heterocycles. The normalized spacial score (nSPS) is 15.9. The predicted octanol–water partition coefficient (Wildman–Crippen LogP) is 4.61. The summed E-state index contributed by atoms with van der Waals surface area (Å²) in [7, 11) is 1.91. The number of carbonyl (C=O) groups is 1. The summed E-state index contributed by atoms with van der Waals surface area (Å²) in [5, 5.41) is 3.12. The fraction of sp³-hybridized carbons (Fsp3) is 0.250. The van der Waals surface area contributed by atoms with Gasteiger partial charge in [-0.25, -0.2) is 0 Å². The van der Waals surface area contributed by atoms with Crippen LogP contribution < -0.4 is 5.32 Å². The van der Waals surface area contributed by atoms with E-state index in [-0.39, 0.29) is 24.4 Å². The Bertz CT molecular complexity index is 725. The molecule has 0 aliphatic carbocycles. The van der Waals surface area contributed by atoms with Gasteiger partial charge in [0.15, 0.2) is 0 Å². The molecule has 3 rings (SSSR count). The zero-order chi connectivity index (χ0) is 16.2. The van der Waals surface area contributed by atoms with Gasteiger partial charge in [0.1, 0.15) is 0 Å². The minimum Gasteiger partial charge on any atom is -0.388 e. The topological polar surface area (TPSA) is 32.3 Å². The number of benzene rings is 2. The van der Waals surface area contributed by atoms with E-state index in [1.165, 1.54) is 0 Å². The smallest absolute Gasteiger partial charge is 0.254 e. The molecule has 0 radical (unpaired) electrons. The van der Waals surface area contributed by atoms with E-state index in [1.807, 2.05) is 48.3 Å². The molecule has 3 nitrogen and oxygen atoms in total. The summed E-state index contributed by atoms with van der Waals surface area (Å²) >= 11 is 0. The third-order valence-electron chi connectivity index (χ3n) is 4.36. The number of rotatable bonds is 4. The van der Waals surface area contributed by atoms with Gasteiger partial charge < -0.3 is 10.2 Å². The fourth-order valence-corrected chi connectivity index (χ4v) is 2.99. The first-order valence-corrected chi connectivity index (χ1v) is 8.09. The lowest BCUT2D eigenvalue weighted by Crippen LogP contribution is -2.35. The van der Waals surface area contributed by atoms with Gasteiger partial charge in [-0.1, -0.05) is 43.3 Å². The summed E-state index contributed by atoms with van der Waals surface area (Å²) in [4.78, 5) is 14.7. The van der Waals surface area contributed by atoms with Crippen LogP contribution in [0.25, 0.3) is 11.1 Å². The summed E-state index contributed by atoms with van der Waals surface area (Å²) in [6, 6.07) is 16.3. The van der Waals surface area contributed by atoms with Crippen molar-refractivity contribution < 1.29 is 4.79 Å². The van der Waals surface area contributed by atoms with Crippen molar-refractivity contribution in [2.75, 3.05) is 18.9 Å². The number of hydrogen-bond donors (Lipinski definition) is 1. The Hall–Kier alpha value is -2.26. The Kier molecular flexibility index (Phi) is 6.04. The third-order valence-corrected chi connectivity index (χ3v) is 4.36. The van der Waals surface area contributed by atoms with Crippen LogP contribution in [0, 0.1) is 0 Å². The van der Waals surface area contributed by atoms with Gasteiger partial charge in [-0.05, 0) is 41.8 Å². The lowest BCUT2D eigenvalue weighted by molar-refractivity contribution is 0.0747. The largest absolute Gasteiger partial charge is 0.388 e. The second-order valence-corrected chi connectivity index (χ2v) is 5.77. The minimum atomic E-state index is 0. The molecule has 24 heavy (non-hydrogen) atoms. The molecule has 2 aromatic carbocycles. The van der Waals surface area contributed by atoms with Crippen LogP contribution in [0.4, 0.5) is 5.69 Å². The Labute approximate surface area is 149 Å². The Morgan fingerprint density at radius 3 is 2.58 bits per heavy atom. The maximum Gasteiger partial charge on any atom is 0.254 e. The maximum atomic E-state index is 12.8. The van der Waals surface area contributed by atoms with Gasteiger partial charge in [-0.3, -0.25) is 4.79 Å². The first kappa shape index (κ1) is 18.1. The van der Waals surface area contributed by atoms with Crippen LogP contribution in [0.3, 0.4) is 0 Å². The van der Waals surface area contributed by atoms with Crippen LogP contribution in [0.15, 0.2) is 60.7 Å². The SMILES string of the molecule is CCC1C=CCN1C(=O)c1cccc(-c2ccc(NC)cc2)c1.Cl. The van der Waals surface area contributed by atoms with E-state index < -0.39 is 0 Å². The van der Waals surface area contributed by atoms with Crippen molar-refractivity contribution in [3.63, 3.8) is 0 Å². The Morgan fingerprint density at radius 2 is 1.92 bits per heavy atom. The van der Waals surface area contributed by atoms with Gasteiger partial charge >= 0.3 is 0 Å². The molecular weight excluding hydrogens is 320 g/mol. The highest BCUT2D eigenvalue weighted by molar-refractivity contribution is 5.96. The second-order valence-electron chi connectivity index (χ2n) is 5.77. The Balaban J connectivity index is 0.00000208. The first-order chi connectivity index (χ1) is 11.2. The molecule has 0 aromatic heterocycles. The summed E-state index contributed by atoms with van der Waals surface area (Å²) in [6.07, 6.45) is 5.15. The second kappa shape index (κ2) is 8.02. The predicted molar refractivity (Wildman–Crippen MR) is 103 cm³/mol. The summed E-state index contributed by atoms with van der Waals surface area (Å²) in [5.41, 5.74) is 4.01. The van der Waals surface area contributed by atoms with Crippen molar-refractivity contribution in [2.24, 2.45) is 0 Å². The van der Waals surface area contributed by atoms with Crippen molar-refractivity contribution in [1.82, 2.24) is 4.90 Å². The molecule has 1 heterocycles. The molecule has 0 saturated carbocycles. The van der Waals surface area contributed by atoms with Gasteiger partial charge in [0.2, 0.25) is 0 Å². The molecule has 0 fully saturated rings. The van der Waals surface area contributed by atoms with Crippen molar-refractivity contribution in [3.05, 3.63) is 66.2 Å². The van der Waals surface area contributed by atoms with Crippen LogP contribution in [-0.4, -0.2) is 30.4 Å². The van der Waals surface area contributed by atoms with E-state index in [0.717, 1.165) is 28.8 Å². The van der Waals surface area contributed by atoms with E-state index in [9.17, 15) is 4.79 Å². The highest BCUT2D eigenvalue weighted by Gasteiger charge is 2.24. The summed E-state index contributed by atoms with van der Waals surface area (Å²) in [6.45, 7) is 2.82. The van der Waals surface area contributed by atoms with Crippen molar-refractivity contribution >= 4 is 24.0 Å². The first-order valence-electron chi connectivity index (χ1n) is 8.09. The molecule has 1 amide bonds. The molecule has 1 N–H and O–H groups in total. The number of anilines is 1. The standard InChI is InChI=1S/C20H22N2O.ClH/c1-3-19-8-5-13-22(19)20(23)17-7-4-6-16(14-17)15-9-11-18(21-2)12-10-15;/h4-12,14,19,21H,3,13H2,1-2H3;1H. The summed E-state index contributed by atoms with van der Waals surface area (Å²) in [5.74, 6) is 0.107. The molecule has 1 unspecified atom stereocenters. The molecule has 126 valence electrons. The lowest BCUT2D eigenvalue weighted by Gasteiger charge is -2.23.